The lowest BCUT2D eigenvalue weighted by atomic mass is 10.0. The highest BCUT2D eigenvalue weighted by Gasteiger charge is 2.18. The summed E-state index contributed by atoms with van der Waals surface area (Å²) in [4.78, 5) is 0.0978. The van der Waals surface area contributed by atoms with E-state index in [2.05, 4.69) is 10.0 Å². The minimum absolute atomic E-state index is 0. The standard InChI is InChI=1S/C14H20F2N2O3S.ClH/c15-14(16)10-21-12-3-5-13(6-4-12)22(19,20)18-9-11-2-1-7-17-8-11;/h3-6,11,14,17-18H,1-2,7-10H2;1H. The molecule has 1 heterocycles. The van der Waals surface area contributed by atoms with Crippen LogP contribution in [0.5, 0.6) is 5.75 Å². The van der Waals surface area contributed by atoms with Crippen molar-refractivity contribution in [2.75, 3.05) is 26.2 Å². The molecule has 0 radical (unpaired) electrons. The number of ether oxygens (including phenoxy) is 1. The van der Waals surface area contributed by atoms with E-state index in [1.54, 1.807) is 0 Å². The summed E-state index contributed by atoms with van der Waals surface area (Å²) in [7, 11) is -3.59. The van der Waals surface area contributed by atoms with E-state index in [1.807, 2.05) is 0 Å². The molecule has 1 unspecified atom stereocenters. The van der Waals surface area contributed by atoms with Gasteiger partial charge < -0.3 is 10.1 Å². The first-order valence-corrected chi connectivity index (χ1v) is 8.67. The summed E-state index contributed by atoms with van der Waals surface area (Å²) < 4.78 is 55.8. The van der Waals surface area contributed by atoms with Gasteiger partial charge in [0.1, 0.15) is 12.4 Å². The number of benzene rings is 1. The summed E-state index contributed by atoms with van der Waals surface area (Å²) >= 11 is 0. The van der Waals surface area contributed by atoms with Crippen LogP contribution in [0.3, 0.4) is 0 Å². The normalized spacial score (nSPS) is 18.5. The Kier molecular flexibility index (Phi) is 8.18. The Balaban J connectivity index is 0.00000264. The molecule has 2 N–H and O–H groups in total. The minimum Gasteiger partial charge on any atom is -0.488 e. The van der Waals surface area contributed by atoms with E-state index in [0.717, 1.165) is 25.9 Å². The molecule has 1 aromatic rings. The second-order valence-corrected chi connectivity index (χ2v) is 7.00. The molecule has 1 aromatic carbocycles. The first-order valence-electron chi connectivity index (χ1n) is 7.19. The van der Waals surface area contributed by atoms with Gasteiger partial charge in [0.2, 0.25) is 10.0 Å². The molecule has 2 rings (SSSR count). The third-order valence-electron chi connectivity index (χ3n) is 3.47. The summed E-state index contributed by atoms with van der Waals surface area (Å²) in [5, 5.41) is 3.23. The molecule has 0 bridgehead atoms. The lowest BCUT2D eigenvalue weighted by Crippen LogP contribution is -2.38. The van der Waals surface area contributed by atoms with E-state index >= 15 is 0 Å². The van der Waals surface area contributed by atoms with Crippen molar-refractivity contribution in [1.29, 1.82) is 0 Å². The number of halogens is 3. The zero-order chi connectivity index (χ0) is 16.0. The van der Waals surface area contributed by atoms with Crippen LogP contribution in [-0.2, 0) is 10.0 Å². The summed E-state index contributed by atoms with van der Waals surface area (Å²) in [6.07, 6.45) is -0.521. The van der Waals surface area contributed by atoms with Crippen LogP contribution in [0.2, 0.25) is 0 Å². The van der Waals surface area contributed by atoms with E-state index in [0.29, 0.717) is 6.54 Å². The fraction of sp³-hybridized carbons (Fsp3) is 0.571. The van der Waals surface area contributed by atoms with E-state index in [9.17, 15) is 17.2 Å². The number of piperidine rings is 1. The zero-order valence-electron chi connectivity index (χ0n) is 12.5. The zero-order valence-corrected chi connectivity index (χ0v) is 14.1. The molecule has 0 aromatic heterocycles. The Morgan fingerprint density at radius 2 is 2.00 bits per heavy atom. The van der Waals surface area contributed by atoms with Crippen molar-refractivity contribution in [3.8, 4) is 5.75 Å². The van der Waals surface area contributed by atoms with Crippen LogP contribution in [0.25, 0.3) is 0 Å². The quantitative estimate of drug-likeness (QED) is 0.770. The SMILES string of the molecule is Cl.O=S(=O)(NCC1CCCNC1)c1ccc(OCC(F)F)cc1. The number of hydrogen-bond donors (Lipinski definition) is 2. The van der Waals surface area contributed by atoms with Crippen LogP contribution in [0.4, 0.5) is 8.78 Å². The first-order chi connectivity index (χ1) is 10.5. The maximum Gasteiger partial charge on any atom is 0.272 e. The number of alkyl halides is 2. The van der Waals surface area contributed by atoms with Gasteiger partial charge in [0, 0.05) is 6.54 Å². The molecule has 0 saturated carbocycles. The largest absolute Gasteiger partial charge is 0.488 e. The third kappa shape index (κ3) is 6.58. The smallest absolute Gasteiger partial charge is 0.272 e. The van der Waals surface area contributed by atoms with Crippen LogP contribution in [-0.4, -0.2) is 41.1 Å². The Morgan fingerprint density at radius 1 is 1.30 bits per heavy atom. The van der Waals surface area contributed by atoms with Gasteiger partial charge in [-0.05, 0) is 56.1 Å². The Morgan fingerprint density at radius 3 is 2.57 bits per heavy atom. The third-order valence-corrected chi connectivity index (χ3v) is 4.91. The van der Waals surface area contributed by atoms with E-state index in [4.69, 9.17) is 4.74 Å². The van der Waals surface area contributed by atoms with E-state index in [-0.39, 0.29) is 29.0 Å². The summed E-state index contributed by atoms with van der Waals surface area (Å²) in [5.41, 5.74) is 0. The van der Waals surface area contributed by atoms with E-state index in [1.165, 1.54) is 24.3 Å². The van der Waals surface area contributed by atoms with Crippen molar-refractivity contribution >= 4 is 22.4 Å². The van der Waals surface area contributed by atoms with Gasteiger partial charge in [-0.25, -0.2) is 21.9 Å². The van der Waals surface area contributed by atoms with Crippen molar-refractivity contribution in [1.82, 2.24) is 10.0 Å². The molecule has 1 saturated heterocycles. The maximum atomic E-state index is 12.2. The average Bonchev–Trinajstić information content (AvgIpc) is 2.52. The predicted molar refractivity (Wildman–Crippen MR) is 86.0 cm³/mol. The highest BCUT2D eigenvalue weighted by molar-refractivity contribution is 7.89. The van der Waals surface area contributed by atoms with Crippen molar-refractivity contribution in [3.05, 3.63) is 24.3 Å². The Hall–Kier alpha value is -0.960. The number of nitrogens with one attached hydrogen (secondary N) is 2. The molecular weight excluding hydrogens is 350 g/mol. The van der Waals surface area contributed by atoms with Crippen LogP contribution in [0.1, 0.15) is 12.8 Å². The van der Waals surface area contributed by atoms with Gasteiger partial charge in [0.15, 0.2) is 0 Å². The Bertz CT molecular complexity index is 564. The average molecular weight is 371 g/mol. The molecule has 0 aliphatic carbocycles. The molecule has 5 nitrogen and oxygen atoms in total. The summed E-state index contributed by atoms with van der Waals surface area (Å²) in [6.45, 7) is 1.46. The molecule has 0 spiro atoms. The highest BCUT2D eigenvalue weighted by Crippen LogP contribution is 2.17. The molecule has 1 aliphatic heterocycles. The van der Waals surface area contributed by atoms with Gasteiger partial charge in [0.05, 0.1) is 4.90 Å². The molecule has 23 heavy (non-hydrogen) atoms. The number of rotatable bonds is 7. The molecular formula is C14H21ClF2N2O3S. The van der Waals surface area contributed by atoms with Gasteiger partial charge in [0.25, 0.3) is 6.43 Å². The van der Waals surface area contributed by atoms with Crippen molar-refractivity contribution < 1.29 is 21.9 Å². The van der Waals surface area contributed by atoms with Crippen molar-refractivity contribution in [2.24, 2.45) is 5.92 Å². The van der Waals surface area contributed by atoms with Crippen LogP contribution in [0, 0.1) is 5.92 Å². The molecule has 0 amide bonds. The first kappa shape index (κ1) is 20.1. The van der Waals surface area contributed by atoms with Crippen LogP contribution in [0.15, 0.2) is 29.2 Å². The minimum atomic E-state index is -3.59. The fourth-order valence-corrected chi connectivity index (χ4v) is 3.40. The van der Waals surface area contributed by atoms with Gasteiger partial charge in [-0.1, -0.05) is 0 Å². The fourth-order valence-electron chi connectivity index (χ4n) is 2.28. The molecule has 1 aliphatic rings. The number of hydrogen-bond acceptors (Lipinski definition) is 4. The lowest BCUT2D eigenvalue weighted by molar-refractivity contribution is 0.0819. The van der Waals surface area contributed by atoms with Gasteiger partial charge in [-0.15, -0.1) is 12.4 Å². The van der Waals surface area contributed by atoms with Crippen LogP contribution < -0.4 is 14.8 Å². The van der Waals surface area contributed by atoms with Crippen molar-refractivity contribution in [3.63, 3.8) is 0 Å². The molecule has 1 fully saturated rings. The van der Waals surface area contributed by atoms with Gasteiger partial charge >= 0.3 is 0 Å². The summed E-state index contributed by atoms with van der Waals surface area (Å²) in [5.74, 6) is 0.507. The topological polar surface area (TPSA) is 67.4 Å². The monoisotopic (exact) mass is 370 g/mol. The second kappa shape index (κ2) is 9.36. The Labute approximate surface area is 141 Å². The van der Waals surface area contributed by atoms with Crippen LogP contribution >= 0.6 is 12.4 Å². The molecule has 9 heteroatoms. The predicted octanol–water partition coefficient (Wildman–Crippen LogP) is 2.03. The maximum absolute atomic E-state index is 12.2. The second-order valence-electron chi connectivity index (χ2n) is 5.24. The van der Waals surface area contributed by atoms with E-state index < -0.39 is 23.1 Å². The lowest BCUT2D eigenvalue weighted by Gasteiger charge is -2.22. The van der Waals surface area contributed by atoms with Crippen molar-refractivity contribution in [2.45, 2.75) is 24.2 Å². The van der Waals surface area contributed by atoms with Gasteiger partial charge in [-0.2, -0.15) is 0 Å². The van der Waals surface area contributed by atoms with Gasteiger partial charge in [-0.3, -0.25) is 0 Å². The number of sulfonamides is 1. The molecule has 132 valence electrons. The summed E-state index contributed by atoms with van der Waals surface area (Å²) in [6, 6.07) is 5.45. The highest BCUT2D eigenvalue weighted by atomic mass is 35.5. The molecule has 1 atom stereocenters.